The van der Waals surface area contributed by atoms with Crippen molar-refractivity contribution in [3.63, 3.8) is 0 Å². The molecule has 0 aliphatic carbocycles. The highest BCUT2D eigenvalue weighted by atomic mass is 35.5. The van der Waals surface area contributed by atoms with Gasteiger partial charge in [0.25, 0.3) is 0 Å². The molecular formula is C13H15ClN4O3. The molecule has 0 saturated carbocycles. The number of hydrogen-bond acceptors (Lipinski definition) is 6. The number of halogens is 1. The van der Waals surface area contributed by atoms with Gasteiger partial charge in [-0.05, 0) is 24.3 Å². The first-order valence-electron chi connectivity index (χ1n) is 6.26. The molecule has 2 aromatic rings. The number of nitrogens with zero attached hydrogens (tertiary/aromatic N) is 3. The molecule has 1 unspecified atom stereocenters. The molecule has 1 atom stereocenters. The number of amides is 1. The van der Waals surface area contributed by atoms with E-state index in [0.717, 1.165) is 11.3 Å². The molecular weight excluding hydrogens is 296 g/mol. The van der Waals surface area contributed by atoms with Crippen LogP contribution in [0.3, 0.4) is 0 Å². The minimum Gasteiger partial charge on any atom is -0.443 e. The molecule has 21 heavy (non-hydrogen) atoms. The van der Waals surface area contributed by atoms with Gasteiger partial charge in [0.1, 0.15) is 6.10 Å². The summed E-state index contributed by atoms with van der Waals surface area (Å²) in [7, 11) is 0. The van der Waals surface area contributed by atoms with Crippen molar-refractivity contribution < 1.29 is 14.1 Å². The summed E-state index contributed by atoms with van der Waals surface area (Å²) in [6, 6.07) is 7.31. The molecule has 1 fully saturated rings. The number of carbonyl (C=O) groups excluding carboxylic acids is 1. The van der Waals surface area contributed by atoms with Crippen LogP contribution in [0.5, 0.6) is 0 Å². The molecule has 1 saturated heterocycles. The number of cyclic esters (lactones) is 1. The van der Waals surface area contributed by atoms with Gasteiger partial charge in [0.05, 0.1) is 6.54 Å². The normalized spacial score (nSPS) is 17.5. The Labute approximate surface area is 127 Å². The first kappa shape index (κ1) is 15.3. The van der Waals surface area contributed by atoms with Gasteiger partial charge in [-0.3, -0.25) is 4.90 Å². The van der Waals surface area contributed by atoms with Crippen LogP contribution in [-0.2, 0) is 4.74 Å². The number of nitrogens with two attached hydrogens (primary N) is 1. The fourth-order valence-corrected chi connectivity index (χ4v) is 2.06. The lowest BCUT2D eigenvalue weighted by atomic mass is 10.2. The van der Waals surface area contributed by atoms with E-state index in [9.17, 15) is 4.79 Å². The van der Waals surface area contributed by atoms with Crippen LogP contribution in [0.25, 0.3) is 11.4 Å². The van der Waals surface area contributed by atoms with E-state index in [1.165, 1.54) is 0 Å². The van der Waals surface area contributed by atoms with Crippen LogP contribution < -0.4 is 10.6 Å². The summed E-state index contributed by atoms with van der Waals surface area (Å²) in [5.41, 5.74) is 7.09. The standard InChI is InChI=1S/C13H14N4O3.ClH/c1-8-15-12(16-20-8)9-2-4-10(5-3-9)17-7-11(6-14)19-13(17)18;/h2-5,11H,6-7,14H2,1H3;1H. The van der Waals surface area contributed by atoms with Crippen LogP contribution in [0, 0.1) is 6.92 Å². The van der Waals surface area contributed by atoms with Gasteiger partial charge in [-0.1, -0.05) is 5.16 Å². The molecule has 0 spiro atoms. The molecule has 1 aliphatic heterocycles. The van der Waals surface area contributed by atoms with E-state index in [1.54, 1.807) is 11.8 Å². The smallest absolute Gasteiger partial charge is 0.414 e. The van der Waals surface area contributed by atoms with E-state index in [-0.39, 0.29) is 24.6 Å². The molecule has 2 N–H and O–H groups in total. The number of anilines is 1. The molecule has 0 radical (unpaired) electrons. The molecule has 2 heterocycles. The van der Waals surface area contributed by atoms with Gasteiger partial charge >= 0.3 is 6.09 Å². The van der Waals surface area contributed by atoms with Crippen molar-refractivity contribution >= 4 is 24.2 Å². The Morgan fingerprint density at radius 3 is 2.62 bits per heavy atom. The summed E-state index contributed by atoms with van der Waals surface area (Å²) in [6.07, 6.45) is -0.620. The van der Waals surface area contributed by atoms with E-state index in [4.69, 9.17) is 15.0 Å². The third-order valence-corrected chi connectivity index (χ3v) is 3.10. The van der Waals surface area contributed by atoms with Crippen LogP contribution in [0.2, 0.25) is 0 Å². The lowest BCUT2D eigenvalue weighted by Crippen LogP contribution is -2.27. The number of benzene rings is 1. The number of carbonyl (C=O) groups is 1. The van der Waals surface area contributed by atoms with Crippen molar-refractivity contribution in [3.8, 4) is 11.4 Å². The summed E-state index contributed by atoms with van der Waals surface area (Å²) in [4.78, 5) is 17.4. The lowest BCUT2D eigenvalue weighted by molar-refractivity contribution is 0.145. The van der Waals surface area contributed by atoms with Crippen molar-refractivity contribution in [2.75, 3.05) is 18.0 Å². The predicted molar refractivity (Wildman–Crippen MR) is 78.4 cm³/mol. The Bertz CT molecular complexity index is 629. The highest BCUT2D eigenvalue weighted by molar-refractivity contribution is 5.90. The number of ether oxygens (including phenoxy) is 1. The maximum absolute atomic E-state index is 11.7. The lowest BCUT2D eigenvalue weighted by Gasteiger charge is -2.12. The number of aryl methyl sites for hydroxylation is 1. The van der Waals surface area contributed by atoms with E-state index in [2.05, 4.69) is 10.1 Å². The largest absolute Gasteiger partial charge is 0.443 e. The Morgan fingerprint density at radius 2 is 2.10 bits per heavy atom. The van der Waals surface area contributed by atoms with Crippen molar-refractivity contribution in [2.24, 2.45) is 5.73 Å². The zero-order valence-electron chi connectivity index (χ0n) is 11.4. The van der Waals surface area contributed by atoms with E-state index in [1.807, 2.05) is 24.3 Å². The highest BCUT2D eigenvalue weighted by Crippen LogP contribution is 2.24. The van der Waals surface area contributed by atoms with Gasteiger partial charge in [-0.15, -0.1) is 12.4 Å². The molecule has 1 aromatic carbocycles. The van der Waals surface area contributed by atoms with Gasteiger partial charge in [-0.25, -0.2) is 4.79 Å². The molecule has 3 rings (SSSR count). The molecule has 1 aromatic heterocycles. The van der Waals surface area contributed by atoms with Crippen LogP contribution in [0.4, 0.5) is 10.5 Å². The summed E-state index contributed by atoms with van der Waals surface area (Å²) in [6.45, 7) is 2.52. The third kappa shape index (κ3) is 2.98. The topological polar surface area (TPSA) is 94.5 Å². The predicted octanol–water partition coefficient (Wildman–Crippen LogP) is 1.75. The minimum atomic E-state index is -0.372. The van der Waals surface area contributed by atoms with Gasteiger partial charge in [0.2, 0.25) is 11.7 Å². The molecule has 1 aliphatic rings. The zero-order valence-corrected chi connectivity index (χ0v) is 12.2. The average Bonchev–Trinajstić information content (AvgIpc) is 3.05. The summed E-state index contributed by atoms with van der Waals surface area (Å²) in [5, 5.41) is 3.85. The Balaban J connectivity index is 0.00000161. The zero-order chi connectivity index (χ0) is 14.1. The number of aromatic nitrogens is 2. The molecule has 0 bridgehead atoms. The average molecular weight is 311 g/mol. The number of hydrogen-bond donors (Lipinski definition) is 1. The van der Waals surface area contributed by atoms with Crippen LogP contribution >= 0.6 is 12.4 Å². The Hall–Kier alpha value is -2.12. The maximum Gasteiger partial charge on any atom is 0.414 e. The Kier molecular flexibility index (Phi) is 4.44. The minimum absolute atomic E-state index is 0. The third-order valence-electron chi connectivity index (χ3n) is 3.10. The van der Waals surface area contributed by atoms with Gasteiger partial charge < -0.3 is 15.0 Å². The maximum atomic E-state index is 11.7. The first-order valence-corrected chi connectivity index (χ1v) is 6.26. The first-order chi connectivity index (χ1) is 9.67. The van der Waals surface area contributed by atoms with Crippen LogP contribution in [0.15, 0.2) is 28.8 Å². The quantitative estimate of drug-likeness (QED) is 0.928. The van der Waals surface area contributed by atoms with Crippen LogP contribution in [0.1, 0.15) is 5.89 Å². The van der Waals surface area contributed by atoms with Crippen molar-refractivity contribution in [1.82, 2.24) is 10.1 Å². The fourth-order valence-electron chi connectivity index (χ4n) is 2.06. The number of rotatable bonds is 3. The molecule has 7 nitrogen and oxygen atoms in total. The fraction of sp³-hybridized carbons (Fsp3) is 0.308. The van der Waals surface area contributed by atoms with E-state index < -0.39 is 0 Å². The highest BCUT2D eigenvalue weighted by Gasteiger charge is 2.31. The van der Waals surface area contributed by atoms with E-state index >= 15 is 0 Å². The van der Waals surface area contributed by atoms with Crippen molar-refractivity contribution in [2.45, 2.75) is 13.0 Å². The van der Waals surface area contributed by atoms with Crippen LogP contribution in [-0.4, -0.2) is 35.4 Å². The second-order valence-electron chi connectivity index (χ2n) is 4.54. The van der Waals surface area contributed by atoms with E-state index in [0.29, 0.717) is 24.8 Å². The van der Waals surface area contributed by atoms with Gasteiger partial charge in [-0.2, -0.15) is 4.98 Å². The van der Waals surface area contributed by atoms with Crippen molar-refractivity contribution in [1.29, 1.82) is 0 Å². The second kappa shape index (κ2) is 6.11. The summed E-state index contributed by atoms with van der Waals surface area (Å²) < 4.78 is 10.1. The summed E-state index contributed by atoms with van der Waals surface area (Å²) in [5.74, 6) is 1.04. The van der Waals surface area contributed by atoms with Gasteiger partial charge in [0, 0.05) is 24.7 Å². The SMILES string of the molecule is Cc1nc(-c2ccc(N3CC(CN)OC3=O)cc2)no1.Cl. The van der Waals surface area contributed by atoms with Crippen molar-refractivity contribution in [3.05, 3.63) is 30.2 Å². The molecule has 112 valence electrons. The molecule has 8 heteroatoms. The Morgan fingerprint density at radius 1 is 1.38 bits per heavy atom. The molecule has 1 amide bonds. The van der Waals surface area contributed by atoms with Gasteiger partial charge in [0.15, 0.2) is 0 Å². The monoisotopic (exact) mass is 310 g/mol. The second-order valence-corrected chi connectivity index (χ2v) is 4.54. The summed E-state index contributed by atoms with van der Waals surface area (Å²) >= 11 is 0.